The van der Waals surface area contributed by atoms with Crippen LogP contribution in [0.5, 0.6) is 0 Å². The average molecular weight is 341 g/mol. The lowest BCUT2D eigenvalue weighted by Crippen LogP contribution is -2.30. The van der Waals surface area contributed by atoms with Crippen LogP contribution >= 0.6 is 35.6 Å². The predicted molar refractivity (Wildman–Crippen MR) is 85.6 cm³/mol. The second-order valence-electron chi connectivity index (χ2n) is 4.33. The summed E-state index contributed by atoms with van der Waals surface area (Å²) in [5.74, 6) is -1.35. The maximum absolute atomic E-state index is 12.3. The highest BCUT2D eigenvalue weighted by Gasteiger charge is 2.31. The Kier molecular flexibility index (Phi) is 5.39. The Morgan fingerprint density at radius 3 is 2.81 bits per heavy atom. The molecule has 110 valence electrons. The molecule has 7 heteroatoms. The molecule has 0 saturated carbocycles. The van der Waals surface area contributed by atoms with Crippen LogP contribution in [0, 0.1) is 0 Å². The highest BCUT2D eigenvalue weighted by atomic mass is 35.5. The van der Waals surface area contributed by atoms with E-state index in [-0.39, 0.29) is 18.9 Å². The summed E-state index contributed by atoms with van der Waals surface area (Å²) in [6.07, 6.45) is 1.91. The maximum atomic E-state index is 12.3. The molecule has 1 aromatic carbocycles. The molecule has 0 atom stereocenters. The molecule has 1 amide bonds. The maximum Gasteiger partial charge on any atom is 0.266 e. The first-order valence-electron chi connectivity index (χ1n) is 6.19. The van der Waals surface area contributed by atoms with Gasteiger partial charge in [0.05, 0.1) is 4.91 Å². The van der Waals surface area contributed by atoms with Gasteiger partial charge in [0, 0.05) is 17.5 Å². The summed E-state index contributed by atoms with van der Waals surface area (Å²) >= 11 is 12.4. The van der Waals surface area contributed by atoms with E-state index in [1.807, 2.05) is 18.2 Å². The van der Waals surface area contributed by atoms with Gasteiger partial charge in [-0.2, -0.15) is 0 Å². The lowest BCUT2D eigenvalue weighted by Gasteiger charge is -2.14. The van der Waals surface area contributed by atoms with Crippen molar-refractivity contribution < 1.29 is 14.7 Å². The van der Waals surface area contributed by atoms with Crippen molar-refractivity contribution in [1.82, 2.24) is 4.90 Å². The molecule has 1 fully saturated rings. The minimum atomic E-state index is -1.13. The molecule has 1 aliphatic heterocycles. The molecule has 1 aliphatic rings. The third-order valence-electron chi connectivity index (χ3n) is 2.83. The summed E-state index contributed by atoms with van der Waals surface area (Å²) in [4.78, 5) is 24.5. The third kappa shape index (κ3) is 4.06. The number of rotatable bonds is 5. The van der Waals surface area contributed by atoms with Gasteiger partial charge >= 0.3 is 0 Å². The molecule has 1 aromatic rings. The monoisotopic (exact) mass is 340 g/mol. The van der Waals surface area contributed by atoms with E-state index in [0.29, 0.717) is 20.7 Å². The van der Waals surface area contributed by atoms with Crippen molar-refractivity contribution in [3.63, 3.8) is 0 Å². The number of thioether (sulfide) groups is 1. The van der Waals surface area contributed by atoms with E-state index in [0.717, 1.165) is 5.56 Å². The minimum Gasteiger partial charge on any atom is -0.550 e. The number of nitrogens with zero attached hydrogens (tertiary/aromatic N) is 1. The molecule has 0 spiro atoms. The Bertz CT molecular complexity index is 630. The number of halogens is 1. The molecule has 4 nitrogen and oxygen atoms in total. The van der Waals surface area contributed by atoms with Gasteiger partial charge in [-0.25, -0.2) is 0 Å². The van der Waals surface area contributed by atoms with Gasteiger partial charge in [-0.05, 0) is 30.5 Å². The number of benzene rings is 1. The van der Waals surface area contributed by atoms with E-state index in [1.54, 1.807) is 12.1 Å². The smallest absolute Gasteiger partial charge is 0.266 e. The zero-order chi connectivity index (χ0) is 15.4. The Labute approximate surface area is 136 Å². The quantitative estimate of drug-likeness (QED) is 0.606. The van der Waals surface area contributed by atoms with Crippen molar-refractivity contribution >= 4 is 57.9 Å². The fourth-order valence-corrected chi connectivity index (χ4v) is 3.30. The normalized spacial score (nSPS) is 16.8. The van der Waals surface area contributed by atoms with E-state index < -0.39 is 5.97 Å². The van der Waals surface area contributed by atoms with E-state index in [4.69, 9.17) is 23.8 Å². The lowest BCUT2D eigenvalue weighted by atomic mass is 10.2. The Balaban J connectivity index is 2.11. The molecule has 0 N–H and O–H groups in total. The Morgan fingerprint density at radius 2 is 2.14 bits per heavy atom. The fraction of sp³-hybridized carbons (Fsp3) is 0.214. The van der Waals surface area contributed by atoms with Crippen LogP contribution in [-0.2, 0) is 9.59 Å². The molecule has 21 heavy (non-hydrogen) atoms. The summed E-state index contributed by atoms with van der Waals surface area (Å²) in [6.45, 7) is 0.276. The number of carbonyl (C=O) groups is 2. The third-order valence-corrected chi connectivity index (χ3v) is 4.55. The molecule has 0 aromatic heterocycles. The lowest BCUT2D eigenvalue weighted by molar-refractivity contribution is -0.305. The first-order chi connectivity index (χ1) is 9.99. The van der Waals surface area contributed by atoms with Crippen LogP contribution in [0.4, 0.5) is 0 Å². The van der Waals surface area contributed by atoms with Crippen LogP contribution in [0.2, 0.25) is 5.02 Å². The van der Waals surface area contributed by atoms with Crippen molar-refractivity contribution in [1.29, 1.82) is 0 Å². The Hall–Kier alpha value is -1.37. The molecule has 0 unspecified atom stereocenters. The minimum absolute atomic E-state index is 0.0966. The SMILES string of the molecule is O=C([O-])CCCN1C(=O)C(=Cc2ccccc2Cl)SC1=S. The van der Waals surface area contributed by atoms with E-state index in [9.17, 15) is 14.7 Å². The van der Waals surface area contributed by atoms with Crippen molar-refractivity contribution in [3.05, 3.63) is 39.8 Å². The highest BCUT2D eigenvalue weighted by molar-refractivity contribution is 8.26. The van der Waals surface area contributed by atoms with Gasteiger partial charge in [-0.3, -0.25) is 9.69 Å². The number of carboxylic acid groups (broad SMARTS) is 1. The van der Waals surface area contributed by atoms with Crippen LogP contribution < -0.4 is 5.11 Å². The molecular formula is C14H11ClNO3S2-. The molecule has 0 bridgehead atoms. The molecule has 0 aliphatic carbocycles. The van der Waals surface area contributed by atoms with Crippen LogP contribution in [0.15, 0.2) is 29.2 Å². The predicted octanol–water partition coefficient (Wildman–Crippen LogP) is 2.07. The van der Waals surface area contributed by atoms with E-state index >= 15 is 0 Å². The van der Waals surface area contributed by atoms with Gasteiger partial charge in [0.25, 0.3) is 5.91 Å². The zero-order valence-corrected chi connectivity index (χ0v) is 13.3. The second-order valence-corrected chi connectivity index (χ2v) is 6.41. The van der Waals surface area contributed by atoms with Gasteiger partial charge in [0.1, 0.15) is 4.32 Å². The number of hydrogen-bond donors (Lipinski definition) is 0. The standard InChI is InChI=1S/C14H12ClNO3S2/c15-10-5-2-1-4-9(10)8-11-13(19)16(14(20)21-11)7-3-6-12(17)18/h1-2,4-5,8H,3,6-7H2,(H,17,18)/p-1. The molecule has 0 radical (unpaired) electrons. The summed E-state index contributed by atoms with van der Waals surface area (Å²) in [5, 5.41) is 11.0. The van der Waals surface area contributed by atoms with Gasteiger partial charge in [0.2, 0.25) is 0 Å². The molecule has 1 saturated heterocycles. The summed E-state index contributed by atoms with van der Waals surface area (Å²) in [7, 11) is 0. The number of amides is 1. The van der Waals surface area contributed by atoms with Gasteiger partial charge in [0.15, 0.2) is 0 Å². The van der Waals surface area contributed by atoms with Crippen LogP contribution in [0.3, 0.4) is 0 Å². The first-order valence-corrected chi connectivity index (χ1v) is 7.79. The number of carbonyl (C=O) groups excluding carboxylic acids is 2. The number of carboxylic acids is 1. The first kappa shape index (κ1) is 16.0. The van der Waals surface area contributed by atoms with Gasteiger partial charge < -0.3 is 9.90 Å². The number of hydrogen-bond acceptors (Lipinski definition) is 5. The summed E-state index contributed by atoms with van der Waals surface area (Å²) in [5.41, 5.74) is 0.745. The fourth-order valence-electron chi connectivity index (χ4n) is 1.81. The summed E-state index contributed by atoms with van der Waals surface area (Å²) in [6, 6.07) is 7.20. The van der Waals surface area contributed by atoms with Gasteiger partial charge in [-0.1, -0.05) is 53.8 Å². The topological polar surface area (TPSA) is 60.4 Å². The zero-order valence-electron chi connectivity index (χ0n) is 10.9. The number of thiocarbonyl (C=S) groups is 1. The molecule has 2 rings (SSSR count). The van der Waals surface area contributed by atoms with E-state index in [2.05, 4.69) is 0 Å². The largest absolute Gasteiger partial charge is 0.550 e. The Morgan fingerprint density at radius 1 is 1.43 bits per heavy atom. The van der Waals surface area contributed by atoms with Crippen molar-refractivity contribution in [2.45, 2.75) is 12.8 Å². The van der Waals surface area contributed by atoms with Gasteiger partial charge in [-0.15, -0.1) is 0 Å². The van der Waals surface area contributed by atoms with Crippen LogP contribution in [0.1, 0.15) is 18.4 Å². The summed E-state index contributed by atoms with van der Waals surface area (Å²) < 4.78 is 0.427. The van der Waals surface area contributed by atoms with Crippen LogP contribution in [-0.4, -0.2) is 27.6 Å². The van der Waals surface area contributed by atoms with Crippen LogP contribution in [0.25, 0.3) is 6.08 Å². The molecular weight excluding hydrogens is 330 g/mol. The van der Waals surface area contributed by atoms with Crippen molar-refractivity contribution in [3.8, 4) is 0 Å². The van der Waals surface area contributed by atoms with Crippen molar-refractivity contribution in [2.24, 2.45) is 0 Å². The average Bonchev–Trinajstić information content (AvgIpc) is 2.68. The molecule has 1 heterocycles. The van der Waals surface area contributed by atoms with Crippen molar-refractivity contribution in [2.75, 3.05) is 6.54 Å². The number of aliphatic carboxylic acids is 1. The van der Waals surface area contributed by atoms with E-state index in [1.165, 1.54) is 16.7 Å². The highest BCUT2D eigenvalue weighted by Crippen LogP contribution is 2.33. The second kappa shape index (κ2) is 7.06.